The monoisotopic (exact) mass is 306 g/mol. The van der Waals surface area contributed by atoms with Gasteiger partial charge in [-0.05, 0) is 42.2 Å². The van der Waals surface area contributed by atoms with Crippen LogP contribution in [-0.4, -0.2) is 17.4 Å². The van der Waals surface area contributed by atoms with Gasteiger partial charge in [0, 0.05) is 13.1 Å². The fourth-order valence-corrected chi connectivity index (χ4v) is 2.55. The average Bonchev–Trinajstić information content (AvgIpc) is 2.57. The molecule has 118 valence electrons. The van der Waals surface area contributed by atoms with Crippen LogP contribution in [0.1, 0.15) is 35.6 Å². The third kappa shape index (κ3) is 4.69. The lowest BCUT2D eigenvalue weighted by Crippen LogP contribution is -2.32. The van der Waals surface area contributed by atoms with Gasteiger partial charge in [-0.25, -0.2) is 0 Å². The Bertz CT molecular complexity index is 698. The molecule has 0 spiro atoms. The van der Waals surface area contributed by atoms with Crippen LogP contribution in [-0.2, 0) is 17.8 Å². The van der Waals surface area contributed by atoms with E-state index >= 15 is 0 Å². The van der Waals surface area contributed by atoms with Crippen molar-refractivity contribution in [3.05, 3.63) is 70.8 Å². The minimum atomic E-state index is 0.144. The summed E-state index contributed by atoms with van der Waals surface area (Å²) in [5, 5.41) is 8.86. The van der Waals surface area contributed by atoms with E-state index in [2.05, 4.69) is 13.0 Å². The highest BCUT2D eigenvalue weighted by atomic mass is 16.2. The fraction of sp³-hybridized carbons (Fsp3) is 0.300. The number of aryl methyl sites for hydroxylation is 1. The molecule has 2 rings (SSSR count). The molecule has 0 N–H and O–H groups in total. The summed E-state index contributed by atoms with van der Waals surface area (Å²) in [7, 11) is 0. The first kappa shape index (κ1) is 16.8. The molecule has 0 fully saturated rings. The molecule has 0 saturated carbocycles. The van der Waals surface area contributed by atoms with Crippen molar-refractivity contribution in [3.8, 4) is 6.07 Å². The summed E-state index contributed by atoms with van der Waals surface area (Å²) >= 11 is 0. The normalized spacial score (nSPS) is 10.1. The van der Waals surface area contributed by atoms with Crippen molar-refractivity contribution in [2.75, 3.05) is 6.54 Å². The van der Waals surface area contributed by atoms with Crippen LogP contribution in [0.4, 0.5) is 0 Å². The molecule has 0 saturated heterocycles. The second-order valence-corrected chi connectivity index (χ2v) is 5.73. The van der Waals surface area contributed by atoms with Crippen LogP contribution in [0.25, 0.3) is 0 Å². The Hall–Kier alpha value is -2.60. The molecule has 3 nitrogen and oxygen atoms in total. The van der Waals surface area contributed by atoms with Crippen molar-refractivity contribution >= 4 is 5.91 Å². The Morgan fingerprint density at radius 1 is 1.13 bits per heavy atom. The van der Waals surface area contributed by atoms with Gasteiger partial charge in [0.2, 0.25) is 5.91 Å². The van der Waals surface area contributed by atoms with Gasteiger partial charge in [0.05, 0.1) is 18.1 Å². The number of amides is 1. The molecule has 0 unspecified atom stereocenters. The lowest BCUT2D eigenvalue weighted by atomic mass is 10.0. The van der Waals surface area contributed by atoms with Gasteiger partial charge in [-0.3, -0.25) is 4.79 Å². The molecule has 0 aliphatic heterocycles. The van der Waals surface area contributed by atoms with E-state index in [9.17, 15) is 4.79 Å². The highest BCUT2D eigenvalue weighted by molar-refractivity contribution is 5.79. The summed E-state index contributed by atoms with van der Waals surface area (Å²) in [6.07, 6.45) is 1.36. The van der Waals surface area contributed by atoms with Crippen molar-refractivity contribution in [2.24, 2.45) is 0 Å². The van der Waals surface area contributed by atoms with Gasteiger partial charge in [-0.15, -0.1) is 0 Å². The molecule has 3 heteroatoms. The standard InChI is InChI=1S/C20H22N2O/c1-3-12-22(15-18-10-8-17(14-21)9-11-18)20(23)13-19-7-5-4-6-16(19)2/h4-11H,3,12-13,15H2,1-2H3. The van der Waals surface area contributed by atoms with E-state index in [1.54, 1.807) is 12.1 Å². The summed E-state index contributed by atoms with van der Waals surface area (Å²) in [6, 6.07) is 17.6. The Morgan fingerprint density at radius 3 is 2.43 bits per heavy atom. The van der Waals surface area contributed by atoms with E-state index in [0.717, 1.165) is 29.7 Å². The van der Waals surface area contributed by atoms with Crippen molar-refractivity contribution in [1.82, 2.24) is 4.90 Å². The zero-order valence-electron chi connectivity index (χ0n) is 13.7. The van der Waals surface area contributed by atoms with Crippen LogP contribution in [0.2, 0.25) is 0 Å². The van der Waals surface area contributed by atoms with E-state index in [-0.39, 0.29) is 5.91 Å². The van der Waals surface area contributed by atoms with Gasteiger partial charge >= 0.3 is 0 Å². The van der Waals surface area contributed by atoms with Crippen LogP contribution in [0.15, 0.2) is 48.5 Å². The number of nitriles is 1. The lowest BCUT2D eigenvalue weighted by Gasteiger charge is -2.23. The number of carbonyl (C=O) groups is 1. The molecule has 23 heavy (non-hydrogen) atoms. The van der Waals surface area contributed by atoms with E-state index in [1.165, 1.54) is 0 Å². The largest absolute Gasteiger partial charge is 0.338 e. The Balaban J connectivity index is 2.09. The fourth-order valence-electron chi connectivity index (χ4n) is 2.55. The van der Waals surface area contributed by atoms with E-state index in [4.69, 9.17) is 5.26 Å². The number of carbonyl (C=O) groups excluding carboxylic acids is 1. The zero-order valence-corrected chi connectivity index (χ0v) is 13.7. The Morgan fingerprint density at radius 2 is 1.83 bits per heavy atom. The molecule has 0 heterocycles. The van der Waals surface area contributed by atoms with Crippen LogP contribution in [0.5, 0.6) is 0 Å². The van der Waals surface area contributed by atoms with Crippen molar-refractivity contribution in [3.63, 3.8) is 0 Å². The van der Waals surface area contributed by atoms with Crippen molar-refractivity contribution in [2.45, 2.75) is 33.2 Å². The predicted octanol–water partition coefficient (Wildman–Crippen LogP) is 3.85. The van der Waals surface area contributed by atoms with Gasteiger partial charge < -0.3 is 4.90 Å². The molecule has 2 aromatic rings. The molecule has 1 amide bonds. The quantitative estimate of drug-likeness (QED) is 0.813. The molecule has 0 atom stereocenters. The van der Waals surface area contributed by atoms with Crippen LogP contribution in [0, 0.1) is 18.3 Å². The first-order chi connectivity index (χ1) is 11.1. The molecule has 0 aliphatic carbocycles. The molecule has 0 bridgehead atoms. The van der Waals surface area contributed by atoms with E-state index in [0.29, 0.717) is 18.5 Å². The third-order valence-corrected chi connectivity index (χ3v) is 3.91. The van der Waals surface area contributed by atoms with E-state index < -0.39 is 0 Å². The predicted molar refractivity (Wildman–Crippen MR) is 91.7 cm³/mol. The topological polar surface area (TPSA) is 44.1 Å². The van der Waals surface area contributed by atoms with Crippen LogP contribution < -0.4 is 0 Å². The first-order valence-electron chi connectivity index (χ1n) is 7.95. The highest BCUT2D eigenvalue weighted by Crippen LogP contribution is 2.13. The zero-order chi connectivity index (χ0) is 16.7. The lowest BCUT2D eigenvalue weighted by molar-refractivity contribution is -0.131. The smallest absolute Gasteiger partial charge is 0.227 e. The maximum Gasteiger partial charge on any atom is 0.227 e. The van der Waals surface area contributed by atoms with Crippen LogP contribution in [0.3, 0.4) is 0 Å². The molecule has 0 aromatic heterocycles. The molecular weight excluding hydrogens is 284 g/mol. The summed E-state index contributed by atoms with van der Waals surface area (Å²) in [5.41, 5.74) is 3.92. The van der Waals surface area contributed by atoms with Crippen molar-refractivity contribution < 1.29 is 4.79 Å². The molecule has 0 radical (unpaired) electrons. The Kier molecular flexibility index (Phi) is 5.94. The van der Waals surface area contributed by atoms with Gasteiger partial charge in [-0.1, -0.05) is 43.3 Å². The minimum absolute atomic E-state index is 0.144. The second-order valence-electron chi connectivity index (χ2n) is 5.73. The summed E-state index contributed by atoms with van der Waals surface area (Å²) in [6.45, 7) is 5.44. The summed E-state index contributed by atoms with van der Waals surface area (Å²) in [5.74, 6) is 0.144. The van der Waals surface area contributed by atoms with E-state index in [1.807, 2.05) is 48.2 Å². The maximum atomic E-state index is 12.7. The number of nitrogens with zero attached hydrogens (tertiary/aromatic N) is 2. The number of benzene rings is 2. The first-order valence-corrected chi connectivity index (χ1v) is 7.95. The third-order valence-electron chi connectivity index (χ3n) is 3.91. The van der Waals surface area contributed by atoms with Gasteiger partial charge in [0.15, 0.2) is 0 Å². The minimum Gasteiger partial charge on any atom is -0.338 e. The highest BCUT2D eigenvalue weighted by Gasteiger charge is 2.14. The van der Waals surface area contributed by atoms with Crippen molar-refractivity contribution in [1.29, 1.82) is 5.26 Å². The second kappa shape index (κ2) is 8.14. The van der Waals surface area contributed by atoms with Gasteiger partial charge in [-0.2, -0.15) is 5.26 Å². The molecule has 2 aromatic carbocycles. The molecular formula is C20H22N2O. The maximum absolute atomic E-state index is 12.7. The van der Waals surface area contributed by atoms with Gasteiger partial charge in [0.1, 0.15) is 0 Å². The SMILES string of the molecule is CCCN(Cc1ccc(C#N)cc1)C(=O)Cc1ccccc1C. The number of hydrogen-bond donors (Lipinski definition) is 0. The van der Waals surface area contributed by atoms with Crippen LogP contribution >= 0.6 is 0 Å². The number of hydrogen-bond acceptors (Lipinski definition) is 2. The molecule has 0 aliphatic rings. The summed E-state index contributed by atoms with van der Waals surface area (Å²) in [4.78, 5) is 14.6. The van der Waals surface area contributed by atoms with Gasteiger partial charge in [0.25, 0.3) is 0 Å². The average molecular weight is 306 g/mol. The summed E-state index contributed by atoms with van der Waals surface area (Å²) < 4.78 is 0. The Labute approximate surface area is 138 Å². The number of rotatable bonds is 6.